The van der Waals surface area contributed by atoms with Crippen molar-refractivity contribution in [3.63, 3.8) is 0 Å². The average Bonchev–Trinajstić information content (AvgIpc) is 3.10. The molecule has 2 aromatic heterocycles. The van der Waals surface area contributed by atoms with E-state index < -0.39 is 6.04 Å². The van der Waals surface area contributed by atoms with Crippen LogP contribution in [0.2, 0.25) is 0 Å². The first-order valence-electron chi connectivity index (χ1n) is 8.32. The van der Waals surface area contributed by atoms with Crippen LogP contribution in [0, 0.1) is 0 Å². The molecule has 0 fully saturated rings. The first-order valence-corrected chi connectivity index (χ1v) is 8.32. The number of hydrogen-bond donors (Lipinski definition) is 1. The standard InChI is InChI=1S/C19H20N4O2/c1-2-7-17-22-19(23-25-17)18(15-9-4-3-5-10-15)21-16(24)12-14-8-6-11-20-13-14/h3-6,8-11,13,18H,2,7,12H2,1H3,(H,21,24)/t18-/m0/s1. The van der Waals surface area contributed by atoms with Crippen LogP contribution in [0.25, 0.3) is 0 Å². The van der Waals surface area contributed by atoms with Gasteiger partial charge in [0.05, 0.1) is 6.42 Å². The van der Waals surface area contributed by atoms with Crippen LogP contribution < -0.4 is 5.32 Å². The second-order valence-electron chi connectivity index (χ2n) is 5.75. The van der Waals surface area contributed by atoms with Gasteiger partial charge in [-0.3, -0.25) is 9.78 Å². The summed E-state index contributed by atoms with van der Waals surface area (Å²) in [5.74, 6) is 0.929. The summed E-state index contributed by atoms with van der Waals surface area (Å²) >= 11 is 0. The minimum atomic E-state index is -0.445. The second kappa shape index (κ2) is 8.19. The normalized spacial score (nSPS) is 11.9. The van der Waals surface area contributed by atoms with Gasteiger partial charge in [-0.05, 0) is 23.6 Å². The molecule has 6 nitrogen and oxygen atoms in total. The molecule has 0 aliphatic carbocycles. The third-order valence-corrected chi connectivity index (χ3v) is 3.73. The van der Waals surface area contributed by atoms with E-state index in [1.54, 1.807) is 12.4 Å². The lowest BCUT2D eigenvalue weighted by Crippen LogP contribution is -2.31. The maximum absolute atomic E-state index is 12.5. The van der Waals surface area contributed by atoms with E-state index >= 15 is 0 Å². The van der Waals surface area contributed by atoms with Crippen LogP contribution in [-0.2, 0) is 17.6 Å². The monoisotopic (exact) mass is 336 g/mol. The van der Waals surface area contributed by atoms with Crippen molar-refractivity contribution in [1.29, 1.82) is 0 Å². The minimum Gasteiger partial charge on any atom is -0.342 e. The van der Waals surface area contributed by atoms with Crippen LogP contribution in [0.15, 0.2) is 59.4 Å². The van der Waals surface area contributed by atoms with Gasteiger partial charge in [0.1, 0.15) is 6.04 Å². The van der Waals surface area contributed by atoms with E-state index in [2.05, 4.69) is 20.4 Å². The fourth-order valence-electron chi connectivity index (χ4n) is 2.54. The molecule has 0 radical (unpaired) electrons. The summed E-state index contributed by atoms with van der Waals surface area (Å²) in [6, 6.07) is 12.9. The van der Waals surface area contributed by atoms with Crippen LogP contribution in [-0.4, -0.2) is 21.0 Å². The molecule has 0 saturated heterocycles. The van der Waals surface area contributed by atoms with Crippen LogP contribution in [0.1, 0.15) is 42.2 Å². The van der Waals surface area contributed by atoms with E-state index in [-0.39, 0.29) is 12.3 Å². The molecular formula is C19H20N4O2. The zero-order valence-corrected chi connectivity index (χ0v) is 14.1. The molecule has 0 saturated carbocycles. The quantitative estimate of drug-likeness (QED) is 0.717. The Hall–Kier alpha value is -3.02. The van der Waals surface area contributed by atoms with E-state index in [1.165, 1.54) is 0 Å². The maximum atomic E-state index is 12.5. The molecule has 3 aromatic rings. The van der Waals surface area contributed by atoms with Gasteiger partial charge in [-0.15, -0.1) is 0 Å². The van der Waals surface area contributed by atoms with E-state index in [4.69, 9.17) is 4.52 Å². The Morgan fingerprint density at radius 2 is 2.04 bits per heavy atom. The number of benzene rings is 1. The van der Waals surface area contributed by atoms with Gasteiger partial charge in [0.25, 0.3) is 0 Å². The van der Waals surface area contributed by atoms with Gasteiger partial charge in [-0.1, -0.05) is 48.5 Å². The molecule has 1 amide bonds. The highest BCUT2D eigenvalue weighted by Gasteiger charge is 2.22. The molecule has 25 heavy (non-hydrogen) atoms. The molecule has 0 aliphatic rings. The highest BCUT2D eigenvalue weighted by atomic mass is 16.5. The number of aromatic nitrogens is 3. The van der Waals surface area contributed by atoms with Crippen LogP contribution in [0.4, 0.5) is 0 Å². The third kappa shape index (κ3) is 4.50. The molecule has 1 N–H and O–H groups in total. The lowest BCUT2D eigenvalue weighted by molar-refractivity contribution is -0.121. The van der Waals surface area contributed by atoms with Crippen molar-refractivity contribution in [3.05, 3.63) is 77.7 Å². The van der Waals surface area contributed by atoms with Crippen LogP contribution >= 0.6 is 0 Å². The fourth-order valence-corrected chi connectivity index (χ4v) is 2.54. The van der Waals surface area contributed by atoms with Gasteiger partial charge in [0.15, 0.2) is 5.82 Å². The Morgan fingerprint density at radius 3 is 2.76 bits per heavy atom. The Kier molecular flexibility index (Phi) is 5.51. The van der Waals surface area contributed by atoms with Gasteiger partial charge >= 0.3 is 0 Å². The zero-order valence-electron chi connectivity index (χ0n) is 14.1. The minimum absolute atomic E-state index is 0.122. The Balaban J connectivity index is 1.80. The number of nitrogens with one attached hydrogen (secondary N) is 1. The van der Waals surface area contributed by atoms with Gasteiger partial charge in [-0.2, -0.15) is 4.98 Å². The second-order valence-corrected chi connectivity index (χ2v) is 5.75. The van der Waals surface area contributed by atoms with Gasteiger partial charge in [0, 0.05) is 18.8 Å². The number of hydrogen-bond acceptors (Lipinski definition) is 5. The Bertz CT molecular complexity index is 803. The van der Waals surface area contributed by atoms with Gasteiger partial charge in [0.2, 0.25) is 11.8 Å². The lowest BCUT2D eigenvalue weighted by Gasteiger charge is -2.16. The predicted octanol–water partition coefficient (Wildman–Crippen LogP) is 2.87. The van der Waals surface area contributed by atoms with Crippen LogP contribution in [0.5, 0.6) is 0 Å². The van der Waals surface area contributed by atoms with Crippen molar-refractivity contribution in [2.75, 3.05) is 0 Å². The first-order chi connectivity index (χ1) is 12.3. The number of nitrogens with zero attached hydrogens (tertiary/aromatic N) is 3. The molecular weight excluding hydrogens is 316 g/mol. The van der Waals surface area contributed by atoms with E-state index in [9.17, 15) is 4.79 Å². The zero-order chi connectivity index (χ0) is 17.5. The number of carbonyl (C=O) groups is 1. The topological polar surface area (TPSA) is 80.9 Å². The Morgan fingerprint density at radius 1 is 1.20 bits per heavy atom. The van der Waals surface area contributed by atoms with E-state index in [0.717, 1.165) is 24.0 Å². The van der Waals surface area contributed by atoms with Crippen LogP contribution in [0.3, 0.4) is 0 Å². The molecule has 0 bridgehead atoms. The fraction of sp³-hybridized carbons (Fsp3) is 0.263. The lowest BCUT2D eigenvalue weighted by atomic mass is 10.1. The van der Waals surface area contributed by atoms with E-state index in [0.29, 0.717) is 11.7 Å². The predicted molar refractivity (Wildman–Crippen MR) is 92.7 cm³/mol. The molecule has 2 heterocycles. The molecule has 0 unspecified atom stereocenters. The van der Waals surface area contributed by atoms with Crippen molar-refractivity contribution in [2.45, 2.75) is 32.2 Å². The van der Waals surface area contributed by atoms with Crippen molar-refractivity contribution in [1.82, 2.24) is 20.4 Å². The summed E-state index contributed by atoms with van der Waals surface area (Å²) in [5.41, 5.74) is 1.76. The van der Waals surface area contributed by atoms with Crippen molar-refractivity contribution in [2.24, 2.45) is 0 Å². The van der Waals surface area contributed by atoms with E-state index in [1.807, 2.05) is 49.4 Å². The molecule has 3 rings (SSSR count). The average molecular weight is 336 g/mol. The van der Waals surface area contributed by atoms with Crippen molar-refractivity contribution >= 4 is 5.91 Å². The largest absolute Gasteiger partial charge is 0.342 e. The summed E-state index contributed by atoms with van der Waals surface area (Å²) in [4.78, 5) is 20.9. The number of pyridine rings is 1. The number of rotatable bonds is 7. The highest BCUT2D eigenvalue weighted by molar-refractivity contribution is 5.79. The van der Waals surface area contributed by atoms with Gasteiger partial charge < -0.3 is 9.84 Å². The first kappa shape index (κ1) is 16.8. The van der Waals surface area contributed by atoms with Crippen molar-refractivity contribution in [3.8, 4) is 0 Å². The SMILES string of the molecule is CCCc1nc([C@@H](NC(=O)Cc2cccnc2)c2ccccc2)no1. The number of aryl methyl sites for hydroxylation is 1. The Labute approximate surface area is 146 Å². The maximum Gasteiger partial charge on any atom is 0.226 e. The molecule has 1 atom stereocenters. The van der Waals surface area contributed by atoms with Gasteiger partial charge in [-0.25, -0.2) is 0 Å². The highest BCUT2D eigenvalue weighted by Crippen LogP contribution is 2.20. The summed E-state index contributed by atoms with van der Waals surface area (Å²) in [6.45, 7) is 2.05. The summed E-state index contributed by atoms with van der Waals surface area (Å²) in [7, 11) is 0. The molecule has 6 heteroatoms. The molecule has 128 valence electrons. The molecule has 0 aliphatic heterocycles. The number of amides is 1. The number of carbonyl (C=O) groups excluding carboxylic acids is 1. The molecule has 1 aromatic carbocycles. The summed E-state index contributed by atoms with van der Waals surface area (Å²) < 4.78 is 5.28. The van der Waals surface area contributed by atoms with Crippen molar-refractivity contribution < 1.29 is 9.32 Å². The third-order valence-electron chi connectivity index (χ3n) is 3.73. The molecule has 0 spiro atoms. The summed E-state index contributed by atoms with van der Waals surface area (Å²) in [6.07, 6.45) is 5.26. The summed E-state index contributed by atoms with van der Waals surface area (Å²) in [5, 5.41) is 7.06. The smallest absolute Gasteiger partial charge is 0.226 e.